The first-order chi connectivity index (χ1) is 23.3. The van der Waals surface area contributed by atoms with Gasteiger partial charge in [0, 0.05) is 67.4 Å². The minimum Gasteiger partial charge on any atom is -0.479 e. The van der Waals surface area contributed by atoms with E-state index in [0.29, 0.717) is 35.3 Å². The molecule has 0 amide bonds. The van der Waals surface area contributed by atoms with Crippen LogP contribution in [0, 0.1) is 0 Å². The van der Waals surface area contributed by atoms with Crippen LogP contribution in [-0.4, -0.2) is 74.6 Å². The number of carboxylic acids is 2. The molecule has 1 aliphatic heterocycles. The van der Waals surface area contributed by atoms with Gasteiger partial charge in [-0.25, -0.2) is 9.59 Å². The maximum Gasteiger partial charge on any atom is 0.337 e. The number of hydrogen-bond acceptors (Lipinski definition) is 9. The Morgan fingerprint density at radius 3 is 1.17 bits per heavy atom. The summed E-state index contributed by atoms with van der Waals surface area (Å²) < 4.78 is 0. The third kappa shape index (κ3) is 18.6. The molecule has 2 saturated carbocycles. The predicted octanol–water partition coefficient (Wildman–Crippen LogP) is 4.13. The Bertz CT molecular complexity index is 1310. The number of nitrogens with one attached hydrogen (secondary N) is 4. The minimum atomic E-state index is -1.41. The summed E-state index contributed by atoms with van der Waals surface area (Å²) in [5.74, 6) is -2.45. The van der Waals surface area contributed by atoms with Crippen LogP contribution in [-0.2, 0) is 39.7 Å². The van der Waals surface area contributed by atoms with Gasteiger partial charge in [-0.3, -0.25) is 4.98 Å². The van der Waals surface area contributed by atoms with Gasteiger partial charge in [0.15, 0.2) is 12.2 Å². The fraction of sp³-hybridized carbons (Fsp3) is 0.486. The van der Waals surface area contributed by atoms with Gasteiger partial charge in [0.25, 0.3) is 0 Å². The molecule has 3 aromatic rings. The number of aliphatic hydroxyl groups excluding tert-OH is 2. The number of hydrogen-bond donors (Lipinski definition) is 8. The van der Waals surface area contributed by atoms with E-state index in [1.54, 1.807) is 60.7 Å². The molecule has 6 atom stereocenters. The number of aliphatic hydroxyl groups is 2. The Morgan fingerprint density at radius 1 is 0.528 bits per heavy atom. The molecule has 16 heteroatoms. The van der Waals surface area contributed by atoms with Crippen molar-refractivity contribution in [1.82, 2.24) is 26.3 Å². The van der Waals surface area contributed by atoms with Crippen molar-refractivity contribution >= 4 is 65.9 Å². The van der Waals surface area contributed by atoms with E-state index in [4.69, 9.17) is 25.4 Å². The van der Waals surface area contributed by atoms with Gasteiger partial charge < -0.3 is 41.7 Å². The van der Waals surface area contributed by atoms with Crippen molar-refractivity contribution in [3.63, 3.8) is 0 Å². The number of benzene rings is 2. The number of nitrogens with zero attached hydrogens (tertiary/aromatic N) is 1. The van der Waals surface area contributed by atoms with E-state index in [0.717, 1.165) is 26.2 Å². The van der Waals surface area contributed by atoms with Crippen molar-refractivity contribution in [2.45, 2.75) is 101 Å². The fourth-order valence-electron chi connectivity index (χ4n) is 6.51. The van der Waals surface area contributed by atoms with Crippen molar-refractivity contribution in [1.29, 1.82) is 0 Å². The smallest absolute Gasteiger partial charge is 0.337 e. The molecule has 1 radical (unpaired) electrons. The summed E-state index contributed by atoms with van der Waals surface area (Å²) >= 11 is 0. The quantitative estimate of drug-likeness (QED) is 0.177. The number of aliphatic carboxylic acids is 2. The van der Waals surface area contributed by atoms with Crippen molar-refractivity contribution in [2.75, 3.05) is 13.1 Å². The number of rotatable bonds is 4. The van der Waals surface area contributed by atoms with E-state index in [1.807, 2.05) is 0 Å². The van der Waals surface area contributed by atoms with E-state index in [1.165, 1.54) is 62.8 Å². The van der Waals surface area contributed by atoms with E-state index < -0.39 is 24.1 Å². The van der Waals surface area contributed by atoms with Crippen LogP contribution in [0.5, 0.6) is 0 Å². The normalized spacial score (nSPS) is 21.8. The molecule has 2 aromatic carbocycles. The summed E-state index contributed by atoms with van der Waals surface area (Å²) in [7, 11) is 0. The largest absolute Gasteiger partial charge is 0.479 e. The monoisotopic (exact) mass is 852 g/mol. The van der Waals surface area contributed by atoms with Gasteiger partial charge in [-0.2, -0.15) is 54.0 Å². The van der Waals surface area contributed by atoms with Crippen LogP contribution in [0.25, 0.3) is 0 Å². The molecule has 53 heavy (non-hydrogen) atoms. The zero-order chi connectivity index (χ0) is 34.1. The number of pyridine rings is 1. The van der Waals surface area contributed by atoms with Gasteiger partial charge in [0.1, 0.15) is 0 Å². The van der Waals surface area contributed by atoms with Crippen LogP contribution in [0.15, 0.2) is 78.9 Å². The van der Waals surface area contributed by atoms with Gasteiger partial charge in [-0.15, -0.1) is 0 Å². The zero-order valence-corrected chi connectivity index (χ0v) is 35.1. The van der Waals surface area contributed by atoms with Crippen LogP contribution in [0.4, 0.5) is 0 Å². The van der Waals surface area contributed by atoms with E-state index in [-0.39, 0.29) is 71.1 Å². The number of carbonyl (C=O) groups is 2. The van der Waals surface area contributed by atoms with Crippen LogP contribution < -0.4 is 21.3 Å². The molecule has 2 heterocycles. The molecule has 299 valence electrons. The van der Waals surface area contributed by atoms with Crippen molar-refractivity contribution < 1.29 is 47.1 Å². The van der Waals surface area contributed by atoms with Crippen LogP contribution in [0.2, 0.25) is 0 Å². The molecule has 0 spiro atoms. The first kappa shape index (κ1) is 53.3. The zero-order valence-electron chi connectivity index (χ0n) is 29.9. The Morgan fingerprint density at radius 2 is 0.849 bits per heavy atom. The summed E-state index contributed by atoms with van der Waals surface area (Å²) in [5, 5.41) is 50.0. The Kier molecular flexibility index (Phi) is 29.7. The molecule has 8 N–H and O–H groups in total. The molecular weight excluding hydrogens is 794 g/mol. The maximum atomic E-state index is 10.2. The number of carboxylic acid groups (broad SMARTS) is 2. The summed E-state index contributed by atoms with van der Waals surface area (Å²) in [6.07, 6.45) is 7.71. The Balaban J connectivity index is 0. The summed E-state index contributed by atoms with van der Waals surface area (Å²) in [6, 6.07) is 25.3. The van der Waals surface area contributed by atoms with Crippen LogP contribution in [0.1, 0.15) is 86.1 Å². The summed E-state index contributed by atoms with van der Waals surface area (Å²) in [6.45, 7) is 3.89. The first-order valence-corrected chi connectivity index (χ1v) is 17.1. The van der Waals surface area contributed by atoms with Crippen LogP contribution in [0.3, 0.4) is 0 Å². The van der Waals surface area contributed by atoms with Gasteiger partial charge in [0.2, 0.25) is 0 Å². The second-order valence-electron chi connectivity index (χ2n) is 12.6. The molecule has 0 saturated heterocycles. The van der Waals surface area contributed by atoms with Gasteiger partial charge >= 0.3 is 11.9 Å². The maximum absolute atomic E-state index is 10.2. The number of aromatic nitrogens is 1. The van der Waals surface area contributed by atoms with Gasteiger partial charge in [0.05, 0.1) is 11.4 Å². The van der Waals surface area contributed by atoms with Crippen LogP contribution >= 0.6 is 54.0 Å². The standard InChI is InChI=1S/C21H35N5.2C8H8O3.Mn.4H2S/c1-3-10-20-18(8-1)22-12-13-23-19-9-2-4-11-21(19)25-15-17-7-5-6-16(26-17)14-24-20;2*9-7(8(10)11)6-4-2-1-3-5-6;;;;;/h5-7,18-25H,1-4,8-15H2;2*1-5,7,9H,(H,10,11);;4*1H2/t18-,19-,20-,21-;;;;;;;/m0......./s1. The van der Waals surface area contributed by atoms with Gasteiger partial charge in [-0.05, 0) is 48.9 Å². The molecule has 2 bridgehead atoms. The Hall–Kier alpha value is -1.79. The number of fused-ring (bicyclic) bond motifs is 4. The third-order valence-corrected chi connectivity index (χ3v) is 9.12. The molecule has 3 aliphatic rings. The average Bonchev–Trinajstić information content (AvgIpc) is 3.13. The molecule has 2 aliphatic carbocycles. The van der Waals surface area contributed by atoms with Crippen molar-refractivity contribution in [3.05, 3.63) is 101 Å². The second kappa shape index (κ2) is 29.5. The predicted molar refractivity (Wildman–Crippen MR) is 226 cm³/mol. The van der Waals surface area contributed by atoms with Crippen molar-refractivity contribution in [3.8, 4) is 0 Å². The molecule has 2 unspecified atom stereocenters. The minimum absolute atomic E-state index is 0. The topological polar surface area (TPSA) is 176 Å². The fourth-order valence-corrected chi connectivity index (χ4v) is 6.51. The summed E-state index contributed by atoms with van der Waals surface area (Å²) in [5.41, 5.74) is 3.14. The van der Waals surface area contributed by atoms with E-state index in [9.17, 15) is 9.59 Å². The third-order valence-electron chi connectivity index (χ3n) is 9.12. The van der Waals surface area contributed by atoms with Gasteiger partial charge in [-0.1, -0.05) is 92.4 Å². The molecule has 11 nitrogen and oxygen atoms in total. The van der Waals surface area contributed by atoms with E-state index in [2.05, 4.69) is 39.5 Å². The summed E-state index contributed by atoms with van der Waals surface area (Å²) in [4.78, 5) is 25.4. The van der Waals surface area contributed by atoms with E-state index >= 15 is 0 Å². The Labute approximate surface area is 352 Å². The molecular formula is C37H59MnN5O6S4. The second-order valence-corrected chi connectivity index (χ2v) is 12.6. The molecule has 6 rings (SSSR count). The first-order valence-electron chi connectivity index (χ1n) is 17.1. The molecule has 2 fully saturated rings. The molecule has 1 aromatic heterocycles. The average molecular weight is 853 g/mol. The SMILES string of the molecule is O=C(O)C(O)c1ccccc1.O=C(O)C(O)c1ccccc1.S.S.S.S.[Mn].c1cc2nc(c1)CN[C@H]1CCCC[C@@H]1NCCN[C@H]1CCCC[C@@H]1NC2. The van der Waals surface area contributed by atoms with Crippen molar-refractivity contribution in [2.24, 2.45) is 0 Å².